The van der Waals surface area contributed by atoms with Crippen molar-refractivity contribution in [3.05, 3.63) is 40.3 Å². The van der Waals surface area contributed by atoms with Crippen molar-refractivity contribution < 1.29 is 14.3 Å². The third-order valence-corrected chi connectivity index (χ3v) is 6.97. The monoisotopic (exact) mass is 432 g/mol. The molecule has 3 heterocycles. The number of para-hydroxylation sites is 1. The van der Waals surface area contributed by atoms with Gasteiger partial charge in [-0.1, -0.05) is 35.2 Å². The molecule has 0 fully saturated rings. The van der Waals surface area contributed by atoms with E-state index in [9.17, 15) is 9.59 Å². The summed E-state index contributed by atoms with van der Waals surface area (Å²) in [5.74, 6) is -1.75. The van der Waals surface area contributed by atoms with Crippen molar-refractivity contribution in [2.75, 3.05) is 12.4 Å². The molecule has 0 saturated heterocycles. The number of Topliss-reactive ketones (excluding diaryl/α,β-unsaturated/α-hetero) is 1. The number of hydrogen-bond acceptors (Lipinski definition) is 9. The summed E-state index contributed by atoms with van der Waals surface area (Å²) in [6.07, 6.45) is 0. The molecule has 7 nitrogen and oxygen atoms in total. The number of esters is 1. The molecule has 0 aliphatic heterocycles. The van der Waals surface area contributed by atoms with Gasteiger partial charge in [-0.15, -0.1) is 21.5 Å². The first-order valence-electron chi connectivity index (χ1n) is 8.55. The van der Waals surface area contributed by atoms with Crippen LogP contribution >= 0.6 is 34.4 Å². The number of thioether (sulfide) groups is 1. The standard InChI is InChI=1S/C18H16N4O3S3/c1-3-25-16(24)14(15-19-10(2)8-26-15)12(23)9-27-17-20-21-18-22(17)11-6-4-5-7-13(11)28-18/h4-8,14H,3,9H2,1-2H3/t14-/m1/s1. The van der Waals surface area contributed by atoms with Gasteiger partial charge in [0.1, 0.15) is 5.01 Å². The van der Waals surface area contributed by atoms with Crippen LogP contribution in [-0.4, -0.2) is 43.7 Å². The van der Waals surface area contributed by atoms with Gasteiger partial charge in [-0.25, -0.2) is 4.98 Å². The van der Waals surface area contributed by atoms with E-state index in [2.05, 4.69) is 15.2 Å². The molecule has 144 valence electrons. The predicted molar refractivity (Wildman–Crippen MR) is 110 cm³/mol. The Labute approximate surface area is 172 Å². The smallest absolute Gasteiger partial charge is 0.323 e. The van der Waals surface area contributed by atoms with Gasteiger partial charge in [-0.05, 0) is 26.0 Å². The molecule has 1 aromatic carbocycles. The van der Waals surface area contributed by atoms with Gasteiger partial charge in [0.15, 0.2) is 16.9 Å². The van der Waals surface area contributed by atoms with Crippen LogP contribution in [0, 0.1) is 6.92 Å². The van der Waals surface area contributed by atoms with E-state index in [1.165, 1.54) is 23.1 Å². The molecule has 0 aliphatic carbocycles. The number of nitrogens with zero attached hydrogens (tertiary/aromatic N) is 4. The fraction of sp³-hybridized carbons (Fsp3) is 0.278. The summed E-state index contributed by atoms with van der Waals surface area (Å²) in [6, 6.07) is 7.95. The Morgan fingerprint density at radius 3 is 2.86 bits per heavy atom. The van der Waals surface area contributed by atoms with Crippen LogP contribution in [0.1, 0.15) is 23.5 Å². The first kappa shape index (κ1) is 19.0. The molecule has 4 aromatic rings. The second kappa shape index (κ2) is 7.98. The molecule has 0 bridgehead atoms. The SMILES string of the molecule is CCOC(=O)[C@H](C(=O)CSc1nnc2sc3ccccc3n12)c1nc(C)cs1. The number of carbonyl (C=O) groups is 2. The summed E-state index contributed by atoms with van der Waals surface area (Å²) in [7, 11) is 0. The average Bonchev–Trinajstić information content (AvgIpc) is 3.36. The number of rotatable bonds is 7. The number of benzene rings is 1. The van der Waals surface area contributed by atoms with Crippen molar-refractivity contribution in [2.45, 2.75) is 24.9 Å². The van der Waals surface area contributed by atoms with E-state index in [-0.39, 0.29) is 18.1 Å². The number of aromatic nitrogens is 4. The third kappa shape index (κ3) is 3.54. The maximum atomic E-state index is 12.9. The highest BCUT2D eigenvalue weighted by Gasteiger charge is 2.32. The van der Waals surface area contributed by atoms with Crippen LogP contribution in [0.4, 0.5) is 0 Å². The number of ketones is 1. The molecule has 4 rings (SSSR count). The topological polar surface area (TPSA) is 86.5 Å². The van der Waals surface area contributed by atoms with Gasteiger partial charge < -0.3 is 4.74 Å². The first-order valence-corrected chi connectivity index (χ1v) is 11.2. The van der Waals surface area contributed by atoms with Gasteiger partial charge in [0.2, 0.25) is 4.96 Å². The normalized spacial score (nSPS) is 12.5. The fourth-order valence-corrected chi connectivity index (χ4v) is 5.55. The number of aryl methyl sites for hydroxylation is 1. The largest absolute Gasteiger partial charge is 0.465 e. The van der Waals surface area contributed by atoms with E-state index >= 15 is 0 Å². The lowest BCUT2D eigenvalue weighted by molar-refractivity contribution is -0.147. The van der Waals surface area contributed by atoms with Crippen LogP contribution in [0.3, 0.4) is 0 Å². The van der Waals surface area contributed by atoms with E-state index in [1.807, 2.05) is 41.0 Å². The van der Waals surface area contributed by atoms with Crippen LogP contribution in [0.25, 0.3) is 15.2 Å². The molecular weight excluding hydrogens is 416 g/mol. The van der Waals surface area contributed by atoms with Crippen molar-refractivity contribution in [1.29, 1.82) is 0 Å². The van der Waals surface area contributed by atoms with E-state index in [0.29, 0.717) is 10.2 Å². The summed E-state index contributed by atoms with van der Waals surface area (Å²) >= 11 is 4.10. The Kier molecular flexibility index (Phi) is 5.42. The van der Waals surface area contributed by atoms with Crippen molar-refractivity contribution in [3.63, 3.8) is 0 Å². The highest BCUT2D eigenvalue weighted by molar-refractivity contribution is 7.99. The van der Waals surface area contributed by atoms with Crippen molar-refractivity contribution in [2.24, 2.45) is 0 Å². The van der Waals surface area contributed by atoms with Crippen LogP contribution in [0.15, 0.2) is 34.8 Å². The molecule has 28 heavy (non-hydrogen) atoms. The Morgan fingerprint density at radius 2 is 2.11 bits per heavy atom. The quantitative estimate of drug-likeness (QED) is 0.250. The zero-order valence-corrected chi connectivity index (χ0v) is 17.6. The van der Waals surface area contributed by atoms with Gasteiger partial charge >= 0.3 is 5.97 Å². The van der Waals surface area contributed by atoms with Crippen LogP contribution in [-0.2, 0) is 14.3 Å². The molecule has 0 N–H and O–H groups in total. The van der Waals surface area contributed by atoms with Crippen molar-refractivity contribution in [1.82, 2.24) is 19.6 Å². The third-order valence-electron chi connectivity index (χ3n) is 3.98. The maximum absolute atomic E-state index is 12.9. The number of carbonyl (C=O) groups excluding carboxylic acids is 2. The van der Waals surface area contributed by atoms with Gasteiger partial charge in [0, 0.05) is 11.1 Å². The molecule has 0 spiro atoms. The summed E-state index contributed by atoms with van der Waals surface area (Å²) < 4.78 is 8.14. The lowest BCUT2D eigenvalue weighted by Gasteiger charge is -2.11. The van der Waals surface area contributed by atoms with Crippen LogP contribution in [0.5, 0.6) is 0 Å². The molecule has 10 heteroatoms. The second-order valence-electron chi connectivity index (χ2n) is 5.94. The Bertz CT molecular complexity index is 1160. The van der Waals surface area contributed by atoms with Gasteiger partial charge in [-0.3, -0.25) is 14.0 Å². The summed E-state index contributed by atoms with van der Waals surface area (Å²) in [6.45, 7) is 3.76. The average molecular weight is 433 g/mol. The number of thiazole rings is 2. The van der Waals surface area contributed by atoms with E-state index in [1.54, 1.807) is 18.3 Å². The van der Waals surface area contributed by atoms with Crippen molar-refractivity contribution >= 4 is 61.4 Å². The molecular formula is C18H16N4O3S3. The zero-order valence-electron chi connectivity index (χ0n) is 15.1. The van der Waals surface area contributed by atoms with Crippen molar-refractivity contribution in [3.8, 4) is 0 Å². The minimum Gasteiger partial charge on any atom is -0.465 e. The number of hydrogen-bond donors (Lipinski definition) is 0. The second-order valence-corrected chi connectivity index (χ2v) is 8.78. The maximum Gasteiger partial charge on any atom is 0.323 e. The fourth-order valence-electron chi connectivity index (χ4n) is 2.77. The lowest BCUT2D eigenvalue weighted by Crippen LogP contribution is -2.25. The van der Waals surface area contributed by atoms with Gasteiger partial charge in [-0.2, -0.15) is 0 Å². The zero-order chi connectivity index (χ0) is 19.7. The highest BCUT2D eigenvalue weighted by atomic mass is 32.2. The highest BCUT2D eigenvalue weighted by Crippen LogP contribution is 2.31. The Morgan fingerprint density at radius 1 is 1.29 bits per heavy atom. The molecule has 0 saturated carbocycles. The molecule has 1 atom stereocenters. The Hall–Kier alpha value is -2.30. The predicted octanol–water partition coefficient (Wildman–Crippen LogP) is 3.72. The first-order chi connectivity index (χ1) is 13.6. The Balaban J connectivity index is 1.58. The molecule has 3 aromatic heterocycles. The van der Waals surface area contributed by atoms with E-state index < -0.39 is 11.9 Å². The van der Waals surface area contributed by atoms with Gasteiger partial charge in [0.25, 0.3) is 0 Å². The molecule has 0 amide bonds. The summed E-state index contributed by atoms with van der Waals surface area (Å²) in [5, 5.41) is 11.3. The van der Waals surface area contributed by atoms with E-state index in [4.69, 9.17) is 4.74 Å². The van der Waals surface area contributed by atoms with Gasteiger partial charge in [0.05, 0.1) is 22.6 Å². The molecule has 0 aliphatic rings. The number of fused-ring (bicyclic) bond motifs is 3. The van der Waals surface area contributed by atoms with Crippen LogP contribution in [0.2, 0.25) is 0 Å². The lowest BCUT2D eigenvalue weighted by atomic mass is 10.1. The minimum absolute atomic E-state index is 0.0765. The summed E-state index contributed by atoms with van der Waals surface area (Å²) in [5.41, 5.74) is 1.78. The van der Waals surface area contributed by atoms with E-state index in [0.717, 1.165) is 20.9 Å². The summed E-state index contributed by atoms with van der Waals surface area (Å²) in [4.78, 5) is 30.4. The molecule has 0 radical (unpaired) electrons. The minimum atomic E-state index is -1.01. The van der Waals surface area contributed by atoms with Crippen LogP contribution < -0.4 is 0 Å². The molecule has 0 unspecified atom stereocenters. The number of ether oxygens (including phenoxy) is 1.